The summed E-state index contributed by atoms with van der Waals surface area (Å²) in [6.45, 7) is 0. The summed E-state index contributed by atoms with van der Waals surface area (Å²) in [7, 11) is 0. The normalized spacial score (nSPS) is 10.5. The predicted octanol–water partition coefficient (Wildman–Crippen LogP) is 2.09. The van der Waals surface area contributed by atoms with Crippen LogP contribution in [0.3, 0.4) is 0 Å². The van der Waals surface area contributed by atoms with Gasteiger partial charge in [0.25, 0.3) is 0 Å². The molecule has 0 amide bonds. The minimum Gasteiger partial charge on any atom is -0.299 e. The van der Waals surface area contributed by atoms with Gasteiger partial charge in [-0.2, -0.15) is 0 Å². The Morgan fingerprint density at radius 2 is 2.33 bits per heavy atom. The number of pyridine rings is 1. The van der Waals surface area contributed by atoms with Crippen LogP contribution in [0, 0.1) is 5.82 Å². The fourth-order valence-corrected chi connectivity index (χ4v) is 0.869. The molecule has 12 heavy (non-hydrogen) atoms. The van der Waals surface area contributed by atoms with Gasteiger partial charge >= 0.3 is 0 Å². The van der Waals surface area contributed by atoms with Gasteiger partial charge in [0.1, 0.15) is 6.29 Å². The fraction of sp³-hybridized carbons (Fsp3) is 0. The number of allylic oxidation sites excluding steroid dienone is 1. The molecular weight excluding hydrogens is 181 g/mol. The van der Waals surface area contributed by atoms with Crippen LogP contribution in [0.5, 0.6) is 0 Å². The van der Waals surface area contributed by atoms with Crippen LogP contribution in [0.4, 0.5) is 4.39 Å². The number of rotatable bonds is 2. The molecule has 0 aliphatic heterocycles. The molecular formula is C8H5ClFNO. The van der Waals surface area contributed by atoms with E-state index in [4.69, 9.17) is 11.6 Å². The van der Waals surface area contributed by atoms with Crippen molar-refractivity contribution in [2.24, 2.45) is 0 Å². The van der Waals surface area contributed by atoms with E-state index in [0.29, 0.717) is 6.29 Å². The van der Waals surface area contributed by atoms with Gasteiger partial charge in [0, 0.05) is 11.8 Å². The van der Waals surface area contributed by atoms with Crippen molar-refractivity contribution in [1.29, 1.82) is 0 Å². The number of carbonyl (C=O) groups excluding carboxylic acids is 1. The molecule has 1 heterocycles. The highest BCUT2D eigenvalue weighted by molar-refractivity contribution is 6.29. The van der Waals surface area contributed by atoms with Crippen LogP contribution < -0.4 is 0 Å². The highest BCUT2D eigenvalue weighted by atomic mass is 35.5. The van der Waals surface area contributed by atoms with Crippen molar-refractivity contribution in [3.8, 4) is 0 Å². The molecule has 1 aromatic heterocycles. The summed E-state index contributed by atoms with van der Waals surface area (Å²) in [5, 5.41) is -0.192. The Kier molecular flexibility index (Phi) is 2.94. The number of carbonyl (C=O) groups is 1. The molecule has 0 spiro atoms. The lowest BCUT2D eigenvalue weighted by atomic mass is 10.2. The molecule has 4 heteroatoms. The summed E-state index contributed by atoms with van der Waals surface area (Å²) in [5.74, 6) is -0.614. The van der Waals surface area contributed by atoms with Crippen LogP contribution in [0.25, 0.3) is 6.08 Å². The van der Waals surface area contributed by atoms with E-state index in [-0.39, 0.29) is 10.7 Å². The van der Waals surface area contributed by atoms with Crippen molar-refractivity contribution in [2.45, 2.75) is 0 Å². The fourth-order valence-electron chi connectivity index (χ4n) is 0.704. The van der Waals surface area contributed by atoms with Gasteiger partial charge in [-0.3, -0.25) is 4.79 Å². The van der Waals surface area contributed by atoms with E-state index in [9.17, 15) is 9.18 Å². The predicted molar refractivity (Wildman–Crippen MR) is 44.3 cm³/mol. The second kappa shape index (κ2) is 3.97. The maximum absolute atomic E-state index is 13.0. The molecule has 0 bridgehead atoms. The van der Waals surface area contributed by atoms with Crippen molar-refractivity contribution in [3.05, 3.63) is 34.9 Å². The zero-order valence-electron chi connectivity index (χ0n) is 6.00. The molecule has 62 valence electrons. The van der Waals surface area contributed by atoms with Gasteiger partial charge in [0.2, 0.25) is 0 Å². The average molecular weight is 186 g/mol. The zero-order valence-corrected chi connectivity index (χ0v) is 6.75. The van der Waals surface area contributed by atoms with Gasteiger partial charge in [0.05, 0.1) is 0 Å². The van der Waals surface area contributed by atoms with Crippen LogP contribution in [0.2, 0.25) is 5.15 Å². The summed E-state index contributed by atoms with van der Waals surface area (Å²) in [6, 6.07) is 1.43. The average Bonchev–Trinajstić information content (AvgIpc) is 2.08. The van der Waals surface area contributed by atoms with E-state index >= 15 is 0 Å². The second-order valence-corrected chi connectivity index (χ2v) is 2.36. The van der Waals surface area contributed by atoms with E-state index in [1.807, 2.05) is 0 Å². The second-order valence-electron chi connectivity index (χ2n) is 2.00. The smallest absolute Gasteiger partial charge is 0.167 e. The van der Waals surface area contributed by atoms with E-state index in [2.05, 4.69) is 4.98 Å². The molecule has 0 fully saturated rings. The zero-order chi connectivity index (χ0) is 8.97. The first-order chi connectivity index (χ1) is 5.75. The Morgan fingerprint density at radius 1 is 1.58 bits per heavy atom. The van der Waals surface area contributed by atoms with Gasteiger partial charge in [-0.05, 0) is 18.2 Å². The summed E-state index contributed by atoms with van der Waals surface area (Å²) >= 11 is 5.38. The topological polar surface area (TPSA) is 30.0 Å². The molecule has 1 rings (SSSR count). The lowest BCUT2D eigenvalue weighted by molar-refractivity contribution is -0.104. The van der Waals surface area contributed by atoms with Crippen molar-refractivity contribution in [1.82, 2.24) is 4.98 Å². The van der Waals surface area contributed by atoms with Crippen LogP contribution in [-0.4, -0.2) is 11.3 Å². The Morgan fingerprint density at radius 3 is 3.00 bits per heavy atom. The maximum atomic E-state index is 13.0. The SMILES string of the molecule is O=C/C=C/c1ccnc(Cl)c1F. The molecule has 1 aromatic rings. The molecule has 0 atom stereocenters. The summed E-state index contributed by atoms with van der Waals surface area (Å²) < 4.78 is 13.0. The molecule has 0 aromatic carbocycles. The monoisotopic (exact) mass is 185 g/mol. The van der Waals surface area contributed by atoms with Crippen molar-refractivity contribution in [2.75, 3.05) is 0 Å². The number of aromatic nitrogens is 1. The molecule has 0 aliphatic carbocycles. The molecule has 2 nitrogen and oxygen atoms in total. The first-order valence-corrected chi connectivity index (χ1v) is 3.55. The van der Waals surface area contributed by atoms with Crippen molar-refractivity contribution in [3.63, 3.8) is 0 Å². The van der Waals surface area contributed by atoms with E-state index in [1.165, 1.54) is 24.4 Å². The van der Waals surface area contributed by atoms with Crippen molar-refractivity contribution < 1.29 is 9.18 Å². The number of halogens is 2. The van der Waals surface area contributed by atoms with Crippen LogP contribution in [0.15, 0.2) is 18.3 Å². The number of hydrogen-bond acceptors (Lipinski definition) is 2. The highest BCUT2D eigenvalue weighted by Gasteiger charge is 2.03. The molecule has 0 N–H and O–H groups in total. The molecule has 0 saturated heterocycles. The number of nitrogens with zero attached hydrogens (tertiary/aromatic N) is 1. The minimum absolute atomic E-state index is 0.192. The van der Waals surface area contributed by atoms with Gasteiger partial charge in [-0.25, -0.2) is 9.37 Å². The number of hydrogen-bond donors (Lipinski definition) is 0. The summed E-state index contributed by atoms with van der Waals surface area (Å²) in [6.07, 6.45) is 4.45. The standard InChI is InChI=1S/C8H5ClFNO/c9-8-7(10)6(2-1-5-12)3-4-11-8/h1-5H/b2-1+. The third-order valence-corrected chi connectivity index (χ3v) is 1.49. The van der Waals surface area contributed by atoms with Gasteiger partial charge < -0.3 is 0 Å². The number of aldehydes is 1. The van der Waals surface area contributed by atoms with Crippen molar-refractivity contribution >= 4 is 24.0 Å². The Bertz CT molecular complexity index is 325. The lowest BCUT2D eigenvalue weighted by Crippen LogP contribution is -1.86. The largest absolute Gasteiger partial charge is 0.299 e. The Labute approximate surface area is 73.7 Å². The highest BCUT2D eigenvalue weighted by Crippen LogP contribution is 2.15. The summed E-state index contributed by atoms with van der Waals surface area (Å²) in [4.78, 5) is 13.4. The van der Waals surface area contributed by atoms with Crippen LogP contribution in [-0.2, 0) is 4.79 Å². The van der Waals surface area contributed by atoms with E-state index in [1.54, 1.807) is 0 Å². The molecule has 0 radical (unpaired) electrons. The minimum atomic E-state index is -0.614. The van der Waals surface area contributed by atoms with E-state index < -0.39 is 5.82 Å². The Balaban J connectivity index is 3.07. The molecule has 0 aliphatic rings. The third kappa shape index (κ3) is 1.89. The van der Waals surface area contributed by atoms with Crippen LogP contribution in [0.1, 0.15) is 5.56 Å². The first-order valence-electron chi connectivity index (χ1n) is 3.17. The Hall–Kier alpha value is -1.22. The summed E-state index contributed by atoms with van der Waals surface area (Å²) in [5.41, 5.74) is 0.252. The third-order valence-electron chi connectivity index (χ3n) is 1.23. The molecule has 0 saturated carbocycles. The first kappa shape index (κ1) is 8.87. The van der Waals surface area contributed by atoms with Gasteiger partial charge in [-0.1, -0.05) is 11.6 Å². The maximum Gasteiger partial charge on any atom is 0.167 e. The lowest BCUT2D eigenvalue weighted by Gasteiger charge is -1.95. The van der Waals surface area contributed by atoms with E-state index in [0.717, 1.165) is 0 Å². The van der Waals surface area contributed by atoms with Gasteiger partial charge in [0.15, 0.2) is 11.0 Å². The van der Waals surface area contributed by atoms with Gasteiger partial charge in [-0.15, -0.1) is 0 Å². The van der Waals surface area contributed by atoms with Crippen LogP contribution >= 0.6 is 11.6 Å². The quantitative estimate of drug-likeness (QED) is 0.401. The molecule has 0 unspecified atom stereocenters.